The quantitative estimate of drug-likeness (QED) is 0.649. The fourth-order valence-electron chi connectivity index (χ4n) is 3.83. The zero-order valence-corrected chi connectivity index (χ0v) is 18.4. The predicted octanol–water partition coefficient (Wildman–Crippen LogP) is 3.56. The Hall–Kier alpha value is -3.52. The van der Waals surface area contributed by atoms with Crippen molar-refractivity contribution in [3.05, 3.63) is 69.9 Å². The van der Waals surface area contributed by atoms with E-state index in [1.54, 1.807) is 30.3 Å². The van der Waals surface area contributed by atoms with Crippen LogP contribution in [0, 0.1) is 6.92 Å². The minimum absolute atomic E-state index is 0.0900. The Labute approximate surface area is 190 Å². The molecular weight excluding hydrogens is 434 g/mol. The first kappa shape index (κ1) is 21.7. The number of hydrogen-bond acceptors (Lipinski definition) is 5. The van der Waals surface area contributed by atoms with Crippen molar-refractivity contribution >= 4 is 35.2 Å². The lowest BCUT2D eigenvalue weighted by Crippen LogP contribution is -2.49. The number of carbonyl (C=O) groups excluding carboxylic acids is 3. The van der Waals surface area contributed by atoms with Gasteiger partial charge in [0.15, 0.2) is 0 Å². The van der Waals surface area contributed by atoms with E-state index in [1.165, 1.54) is 4.90 Å². The molecule has 2 aromatic rings. The minimum Gasteiger partial charge on any atom is -0.494 e. The number of nitrogens with one attached hydrogen (secondary N) is 2. The third-order valence-electron chi connectivity index (χ3n) is 5.32. The number of anilines is 1. The van der Waals surface area contributed by atoms with Gasteiger partial charge in [0.1, 0.15) is 18.9 Å². The molecule has 2 aliphatic heterocycles. The molecule has 0 spiro atoms. The molecule has 0 aliphatic carbocycles. The summed E-state index contributed by atoms with van der Waals surface area (Å²) in [6, 6.07) is 11.2. The normalized spacial score (nSPS) is 17.6. The van der Waals surface area contributed by atoms with E-state index < -0.39 is 23.9 Å². The third kappa shape index (κ3) is 4.01. The second kappa shape index (κ2) is 8.92. The van der Waals surface area contributed by atoms with Gasteiger partial charge in [-0.3, -0.25) is 9.69 Å². The molecule has 32 heavy (non-hydrogen) atoms. The molecule has 2 N–H and O–H groups in total. The smallest absolute Gasteiger partial charge is 0.338 e. The molecular formula is C23H22ClN3O5. The van der Waals surface area contributed by atoms with Crippen molar-refractivity contribution in [2.75, 3.05) is 25.1 Å². The Bertz CT molecular complexity index is 1110. The highest BCUT2D eigenvalue weighted by atomic mass is 35.5. The van der Waals surface area contributed by atoms with Gasteiger partial charge in [-0.05, 0) is 31.5 Å². The maximum Gasteiger partial charge on any atom is 0.338 e. The molecule has 0 saturated carbocycles. The number of para-hydroxylation sites is 2. The number of amides is 3. The highest BCUT2D eigenvalue weighted by molar-refractivity contribution is 6.34. The number of cyclic esters (lactones) is 1. The van der Waals surface area contributed by atoms with Gasteiger partial charge in [0.05, 0.1) is 34.6 Å². The van der Waals surface area contributed by atoms with Crippen LogP contribution in [0.25, 0.3) is 0 Å². The zero-order chi connectivity index (χ0) is 22.8. The number of esters is 1. The van der Waals surface area contributed by atoms with Crippen molar-refractivity contribution in [2.45, 2.75) is 19.9 Å². The Morgan fingerprint density at radius 2 is 2.03 bits per heavy atom. The van der Waals surface area contributed by atoms with Crippen LogP contribution in [-0.2, 0) is 14.3 Å². The SMILES string of the molecule is CCOc1ccccc1C1NC(=O)N(CC(=O)Nc2c(C)cccc2Cl)C2=C1C(=O)OC2. The van der Waals surface area contributed by atoms with Crippen LogP contribution >= 0.6 is 11.6 Å². The first-order chi connectivity index (χ1) is 15.4. The van der Waals surface area contributed by atoms with Gasteiger partial charge in [-0.2, -0.15) is 0 Å². The fraction of sp³-hybridized carbons (Fsp3) is 0.261. The van der Waals surface area contributed by atoms with Crippen LogP contribution in [0.2, 0.25) is 5.02 Å². The summed E-state index contributed by atoms with van der Waals surface area (Å²) >= 11 is 6.19. The van der Waals surface area contributed by atoms with Crippen LogP contribution in [0.4, 0.5) is 10.5 Å². The standard InChI is InChI=1S/C23H22ClN3O5/c1-3-31-17-10-5-4-8-14(17)21-19-16(12-32-22(19)29)27(23(30)26-21)11-18(28)25-20-13(2)7-6-9-15(20)24/h4-10,21H,3,11-12H2,1-2H3,(H,25,28)(H,26,30). The maximum atomic E-state index is 13.0. The van der Waals surface area contributed by atoms with E-state index in [-0.39, 0.29) is 13.2 Å². The molecule has 0 fully saturated rings. The van der Waals surface area contributed by atoms with E-state index in [4.69, 9.17) is 21.1 Å². The van der Waals surface area contributed by atoms with Crippen LogP contribution in [0.3, 0.4) is 0 Å². The molecule has 0 saturated heterocycles. The monoisotopic (exact) mass is 455 g/mol. The van der Waals surface area contributed by atoms with Crippen molar-refractivity contribution < 1.29 is 23.9 Å². The summed E-state index contributed by atoms with van der Waals surface area (Å²) in [4.78, 5) is 39.5. The number of rotatable bonds is 6. The molecule has 3 amide bonds. The Morgan fingerprint density at radius 1 is 1.25 bits per heavy atom. The molecule has 166 valence electrons. The number of hydrogen-bond donors (Lipinski definition) is 2. The van der Waals surface area contributed by atoms with Crippen molar-refractivity contribution in [1.29, 1.82) is 0 Å². The zero-order valence-electron chi connectivity index (χ0n) is 17.6. The summed E-state index contributed by atoms with van der Waals surface area (Å²) in [5, 5.41) is 5.96. The van der Waals surface area contributed by atoms with E-state index in [0.717, 1.165) is 5.56 Å². The number of urea groups is 1. The van der Waals surface area contributed by atoms with Gasteiger partial charge < -0.3 is 20.1 Å². The molecule has 2 aromatic carbocycles. The number of ether oxygens (including phenoxy) is 2. The topological polar surface area (TPSA) is 97.0 Å². The van der Waals surface area contributed by atoms with Gasteiger partial charge in [0, 0.05) is 5.56 Å². The second-order valence-electron chi connectivity index (χ2n) is 7.36. The molecule has 4 rings (SSSR count). The molecule has 1 unspecified atom stereocenters. The molecule has 2 aliphatic rings. The van der Waals surface area contributed by atoms with Gasteiger partial charge >= 0.3 is 12.0 Å². The number of benzene rings is 2. The van der Waals surface area contributed by atoms with Crippen LogP contribution in [0.5, 0.6) is 5.75 Å². The van der Waals surface area contributed by atoms with Gasteiger partial charge in [-0.15, -0.1) is 0 Å². The van der Waals surface area contributed by atoms with Gasteiger partial charge in [0.25, 0.3) is 0 Å². The van der Waals surface area contributed by atoms with Crippen LogP contribution in [-0.4, -0.2) is 42.6 Å². The molecule has 0 aromatic heterocycles. The summed E-state index contributed by atoms with van der Waals surface area (Å²) in [7, 11) is 0. The van der Waals surface area contributed by atoms with E-state index in [0.29, 0.717) is 39.9 Å². The van der Waals surface area contributed by atoms with Crippen LogP contribution in [0.1, 0.15) is 24.1 Å². The molecule has 0 bridgehead atoms. The lowest BCUT2D eigenvalue weighted by molar-refractivity contribution is -0.136. The van der Waals surface area contributed by atoms with Crippen molar-refractivity contribution in [1.82, 2.24) is 10.2 Å². The lowest BCUT2D eigenvalue weighted by atomic mass is 9.95. The van der Waals surface area contributed by atoms with Gasteiger partial charge in [-0.25, -0.2) is 9.59 Å². The van der Waals surface area contributed by atoms with Crippen molar-refractivity contribution in [2.24, 2.45) is 0 Å². The average Bonchev–Trinajstić information content (AvgIpc) is 3.15. The largest absolute Gasteiger partial charge is 0.494 e. The van der Waals surface area contributed by atoms with Crippen LogP contribution < -0.4 is 15.4 Å². The van der Waals surface area contributed by atoms with E-state index in [1.807, 2.05) is 26.0 Å². The molecule has 9 heteroatoms. The van der Waals surface area contributed by atoms with Crippen molar-refractivity contribution in [3.63, 3.8) is 0 Å². The van der Waals surface area contributed by atoms with E-state index in [2.05, 4.69) is 10.6 Å². The number of carbonyl (C=O) groups is 3. The van der Waals surface area contributed by atoms with Gasteiger partial charge in [0.2, 0.25) is 5.91 Å². The molecule has 0 radical (unpaired) electrons. The highest BCUT2D eigenvalue weighted by Gasteiger charge is 2.43. The Balaban J connectivity index is 1.63. The van der Waals surface area contributed by atoms with Crippen molar-refractivity contribution in [3.8, 4) is 5.75 Å². The van der Waals surface area contributed by atoms with E-state index >= 15 is 0 Å². The lowest BCUT2D eigenvalue weighted by Gasteiger charge is -2.33. The predicted molar refractivity (Wildman–Crippen MR) is 118 cm³/mol. The first-order valence-corrected chi connectivity index (χ1v) is 10.5. The summed E-state index contributed by atoms with van der Waals surface area (Å²) < 4.78 is 10.9. The highest BCUT2D eigenvalue weighted by Crippen LogP contribution is 2.38. The summed E-state index contributed by atoms with van der Waals surface area (Å²) in [5.41, 5.74) is 2.57. The number of halogens is 1. The number of aryl methyl sites for hydroxylation is 1. The maximum absolute atomic E-state index is 13.0. The second-order valence-corrected chi connectivity index (χ2v) is 7.76. The van der Waals surface area contributed by atoms with E-state index in [9.17, 15) is 14.4 Å². The Morgan fingerprint density at radius 3 is 2.78 bits per heavy atom. The van der Waals surface area contributed by atoms with Gasteiger partial charge in [-0.1, -0.05) is 41.9 Å². The molecule has 2 heterocycles. The van der Waals surface area contributed by atoms with Crippen LogP contribution in [0.15, 0.2) is 53.7 Å². The average molecular weight is 456 g/mol. The molecule has 1 atom stereocenters. The third-order valence-corrected chi connectivity index (χ3v) is 5.63. The fourth-order valence-corrected chi connectivity index (χ4v) is 4.10. The summed E-state index contributed by atoms with van der Waals surface area (Å²) in [6.07, 6.45) is 0. The summed E-state index contributed by atoms with van der Waals surface area (Å²) in [5.74, 6) is -0.424. The first-order valence-electron chi connectivity index (χ1n) is 10.2. The molecule has 8 nitrogen and oxygen atoms in total. The Kier molecular flexibility index (Phi) is 6.05. The number of nitrogens with zero attached hydrogens (tertiary/aromatic N) is 1. The summed E-state index contributed by atoms with van der Waals surface area (Å²) in [6.45, 7) is 3.71. The minimum atomic E-state index is -0.736.